The van der Waals surface area contributed by atoms with Crippen LogP contribution < -0.4 is 0 Å². The molecule has 0 aliphatic carbocycles. The minimum absolute atomic E-state index is 0.0532. The summed E-state index contributed by atoms with van der Waals surface area (Å²) in [5.74, 6) is -11.2. The third kappa shape index (κ3) is 3.68. The molecule has 1 aromatic rings. The highest BCUT2D eigenvalue weighted by Gasteiger charge is 2.26. The number of hydrogen-bond acceptors (Lipinski definition) is 2. The lowest BCUT2D eigenvalue weighted by molar-refractivity contribution is -0.147. The predicted molar refractivity (Wildman–Crippen MR) is 60.1 cm³/mol. The summed E-state index contributed by atoms with van der Waals surface area (Å²) in [6.45, 7) is 4.17. The number of esters is 1. The van der Waals surface area contributed by atoms with E-state index in [0.717, 1.165) is 0 Å². The van der Waals surface area contributed by atoms with Gasteiger partial charge in [-0.2, -0.15) is 0 Å². The average Bonchev–Trinajstić information content (AvgIpc) is 2.32. The normalized spacial score (nSPS) is 11.6. The summed E-state index contributed by atoms with van der Waals surface area (Å²) in [6, 6.07) is 0. The largest absolute Gasteiger partial charge is 0.461 e. The van der Waals surface area contributed by atoms with E-state index >= 15 is 0 Å². The van der Waals surface area contributed by atoms with Crippen molar-refractivity contribution in [3.05, 3.63) is 34.6 Å². The lowest BCUT2D eigenvalue weighted by Gasteiger charge is -2.17. The Balaban J connectivity index is 2.92. The van der Waals surface area contributed by atoms with Gasteiger partial charge in [0.05, 0.1) is 12.0 Å². The summed E-state index contributed by atoms with van der Waals surface area (Å²) in [7, 11) is 0. The lowest BCUT2D eigenvalue weighted by atomic mass is 9.92. The Hall–Kier alpha value is -1.66. The first-order valence-corrected chi connectivity index (χ1v) is 5.70. The van der Waals surface area contributed by atoms with Crippen LogP contribution in [0.1, 0.15) is 32.8 Å². The smallest absolute Gasteiger partial charge is 0.306 e. The molecule has 0 amide bonds. The summed E-state index contributed by atoms with van der Waals surface area (Å²) in [5, 5.41) is 0. The van der Waals surface area contributed by atoms with Crippen molar-refractivity contribution < 1.29 is 31.5 Å². The zero-order chi connectivity index (χ0) is 15.7. The molecule has 7 heteroatoms. The molecule has 0 fully saturated rings. The molecule has 1 rings (SSSR count). The topological polar surface area (TPSA) is 26.3 Å². The summed E-state index contributed by atoms with van der Waals surface area (Å²) >= 11 is 0. The van der Waals surface area contributed by atoms with Crippen molar-refractivity contribution in [2.45, 2.75) is 33.8 Å². The second-order valence-corrected chi connectivity index (χ2v) is 5.45. The molecular weight excluding hydrogens is 283 g/mol. The van der Waals surface area contributed by atoms with Gasteiger partial charge in [0, 0.05) is 0 Å². The van der Waals surface area contributed by atoms with Crippen molar-refractivity contribution in [1.82, 2.24) is 0 Å². The second-order valence-electron chi connectivity index (χ2n) is 5.45. The molecule has 112 valence electrons. The minimum Gasteiger partial charge on any atom is -0.461 e. The molecule has 0 spiro atoms. The fraction of sp³-hybridized carbons (Fsp3) is 0.462. The summed E-state index contributed by atoms with van der Waals surface area (Å²) in [6.07, 6.45) is -0.0532. The molecule has 0 unspecified atom stereocenters. The average molecular weight is 296 g/mol. The fourth-order valence-electron chi connectivity index (χ4n) is 1.41. The van der Waals surface area contributed by atoms with Gasteiger partial charge in [-0.15, -0.1) is 0 Å². The van der Waals surface area contributed by atoms with Gasteiger partial charge in [0.2, 0.25) is 5.82 Å². The van der Waals surface area contributed by atoms with Gasteiger partial charge in [0.25, 0.3) is 0 Å². The minimum atomic E-state index is -2.25. The molecule has 0 radical (unpaired) electrons. The molecule has 1 aromatic carbocycles. The van der Waals surface area contributed by atoms with Crippen molar-refractivity contribution >= 4 is 5.97 Å². The number of carbonyl (C=O) groups is 1. The van der Waals surface area contributed by atoms with Crippen molar-refractivity contribution in [1.29, 1.82) is 0 Å². The molecule has 2 nitrogen and oxygen atoms in total. The Morgan fingerprint density at radius 2 is 1.30 bits per heavy atom. The summed E-state index contributed by atoms with van der Waals surface area (Å²) in [4.78, 5) is 11.4. The van der Waals surface area contributed by atoms with Crippen molar-refractivity contribution in [3.8, 4) is 0 Å². The van der Waals surface area contributed by atoms with Gasteiger partial charge >= 0.3 is 5.97 Å². The maximum Gasteiger partial charge on any atom is 0.306 e. The molecule has 0 heterocycles. The standard InChI is InChI=1S/C13H13F5O2/c1-13(2,3)4-7(19)20-5-6-8(14)10(16)12(18)11(17)9(6)15/h4-5H2,1-3H3. The third-order valence-corrected chi connectivity index (χ3v) is 2.35. The van der Waals surface area contributed by atoms with E-state index in [0.29, 0.717) is 0 Å². The van der Waals surface area contributed by atoms with Crippen LogP contribution in [-0.4, -0.2) is 5.97 Å². The van der Waals surface area contributed by atoms with Crippen LogP contribution in [0.15, 0.2) is 0 Å². The Morgan fingerprint density at radius 1 is 0.900 bits per heavy atom. The van der Waals surface area contributed by atoms with Gasteiger partial charge < -0.3 is 4.74 Å². The van der Waals surface area contributed by atoms with E-state index in [-0.39, 0.29) is 6.42 Å². The van der Waals surface area contributed by atoms with Gasteiger partial charge in [0.1, 0.15) is 6.61 Å². The molecule has 0 aliphatic heterocycles. The van der Waals surface area contributed by atoms with Crippen LogP contribution in [0.25, 0.3) is 0 Å². The highest BCUT2D eigenvalue weighted by Crippen LogP contribution is 2.24. The number of ether oxygens (including phenoxy) is 1. The van der Waals surface area contributed by atoms with Crippen LogP contribution in [0.5, 0.6) is 0 Å². The molecule has 0 saturated heterocycles. The van der Waals surface area contributed by atoms with E-state index in [2.05, 4.69) is 4.74 Å². The Labute approximate surface area is 112 Å². The molecule has 0 atom stereocenters. The number of carbonyl (C=O) groups excluding carboxylic acids is 1. The maximum absolute atomic E-state index is 13.3. The van der Waals surface area contributed by atoms with E-state index in [4.69, 9.17) is 0 Å². The fourth-order valence-corrected chi connectivity index (χ4v) is 1.41. The first kappa shape index (κ1) is 16.4. The van der Waals surface area contributed by atoms with Crippen LogP contribution in [0.3, 0.4) is 0 Å². The number of rotatable bonds is 3. The molecule has 0 bridgehead atoms. The van der Waals surface area contributed by atoms with E-state index in [1.165, 1.54) is 0 Å². The highest BCUT2D eigenvalue weighted by atomic mass is 19.2. The zero-order valence-electron chi connectivity index (χ0n) is 11.1. The maximum atomic E-state index is 13.3. The summed E-state index contributed by atoms with van der Waals surface area (Å²) in [5.41, 5.74) is -1.59. The highest BCUT2D eigenvalue weighted by molar-refractivity contribution is 5.70. The Kier molecular flexibility index (Phi) is 4.73. The van der Waals surface area contributed by atoms with E-state index in [1.54, 1.807) is 20.8 Å². The van der Waals surface area contributed by atoms with Gasteiger partial charge in [-0.05, 0) is 5.41 Å². The lowest BCUT2D eigenvalue weighted by Crippen LogP contribution is -2.17. The van der Waals surface area contributed by atoms with Crippen LogP contribution in [-0.2, 0) is 16.1 Å². The van der Waals surface area contributed by atoms with Crippen LogP contribution in [0.4, 0.5) is 22.0 Å². The summed E-state index contributed by atoms with van der Waals surface area (Å²) < 4.78 is 69.7. The number of halogens is 5. The van der Waals surface area contributed by atoms with E-state index in [9.17, 15) is 26.7 Å². The Morgan fingerprint density at radius 3 is 1.70 bits per heavy atom. The van der Waals surface area contributed by atoms with Crippen LogP contribution in [0, 0.1) is 34.5 Å². The molecular formula is C13H13F5O2. The second kappa shape index (κ2) is 5.76. The van der Waals surface area contributed by atoms with Crippen LogP contribution in [0.2, 0.25) is 0 Å². The van der Waals surface area contributed by atoms with Gasteiger partial charge in [-0.1, -0.05) is 20.8 Å². The van der Waals surface area contributed by atoms with Crippen molar-refractivity contribution in [2.75, 3.05) is 0 Å². The van der Waals surface area contributed by atoms with E-state index < -0.39 is 52.6 Å². The number of benzene rings is 1. The van der Waals surface area contributed by atoms with Gasteiger partial charge in [-0.3, -0.25) is 4.79 Å². The van der Waals surface area contributed by atoms with E-state index in [1.807, 2.05) is 0 Å². The quantitative estimate of drug-likeness (QED) is 0.366. The molecule has 0 aromatic heterocycles. The zero-order valence-corrected chi connectivity index (χ0v) is 11.1. The Bertz CT molecular complexity index is 506. The SMILES string of the molecule is CC(C)(C)CC(=O)OCc1c(F)c(F)c(F)c(F)c1F. The van der Waals surface area contributed by atoms with Gasteiger partial charge in [-0.25, -0.2) is 22.0 Å². The number of hydrogen-bond donors (Lipinski definition) is 0. The van der Waals surface area contributed by atoms with Crippen molar-refractivity contribution in [2.24, 2.45) is 5.41 Å². The molecule has 0 saturated carbocycles. The molecule has 0 N–H and O–H groups in total. The third-order valence-electron chi connectivity index (χ3n) is 2.35. The first-order chi connectivity index (χ1) is 9.04. The van der Waals surface area contributed by atoms with Gasteiger partial charge in [0.15, 0.2) is 23.3 Å². The monoisotopic (exact) mass is 296 g/mol. The van der Waals surface area contributed by atoms with Crippen molar-refractivity contribution in [3.63, 3.8) is 0 Å². The molecule has 20 heavy (non-hydrogen) atoms. The van der Waals surface area contributed by atoms with Crippen LogP contribution >= 0.6 is 0 Å². The first-order valence-electron chi connectivity index (χ1n) is 5.70. The predicted octanol–water partition coefficient (Wildman–Crippen LogP) is 3.86. The molecule has 0 aliphatic rings.